The van der Waals surface area contributed by atoms with Crippen molar-refractivity contribution in [1.29, 1.82) is 5.26 Å². The van der Waals surface area contributed by atoms with Crippen molar-refractivity contribution in [2.45, 2.75) is 19.1 Å². The van der Waals surface area contributed by atoms with Crippen molar-refractivity contribution in [3.63, 3.8) is 0 Å². The fourth-order valence-electron chi connectivity index (χ4n) is 3.39. The van der Waals surface area contributed by atoms with Gasteiger partial charge in [-0.3, -0.25) is 0 Å². The standard InChI is InChI=1S/C25H28N6O5/c1-31(2)15-20(9-10-26)36-25(33)28-13-17-5-4-6-18(11-17)29-24(32)30-19-7-8-21(22(12-19)34-3)23-14-27-16-35-23/h4-8,11-12,14,16,20H,9,13,15H2,1-3H3,(H,28,33)(H2,29,30,32)/t20-/m1/s1. The van der Waals surface area contributed by atoms with Crippen molar-refractivity contribution in [2.24, 2.45) is 0 Å². The first-order valence-electron chi connectivity index (χ1n) is 11.1. The molecule has 0 saturated carbocycles. The Morgan fingerprint density at radius 2 is 1.94 bits per heavy atom. The van der Waals surface area contributed by atoms with E-state index in [9.17, 15) is 9.59 Å². The Bertz CT molecular complexity index is 1210. The summed E-state index contributed by atoms with van der Waals surface area (Å²) in [6.45, 7) is 0.641. The van der Waals surface area contributed by atoms with E-state index in [1.165, 1.54) is 13.5 Å². The van der Waals surface area contributed by atoms with Gasteiger partial charge >= 0.3 is 12.1 Å². The largest absolute Gasteiger partial charge is 0.496 e. The molecule has 188 valence electrons. The molecule has 3 amide bonds. The van der Waals surface area contributed by atoms with E-state index in [2.05, 4.69) is 20.9 Å². The number of alkyl carbamates (subject to hydrolysis) is 1. The highest BCUT2D eigenvalue weighted by atomic mass is 16.6. The van der Waals surface area contributed by atoms with Crippen molar-refractivity contribution >= 4 is 23.5 Å². The number of benzene rings is 2. The number of aromatic nitrogens is 1. The molecule has 36 heavy (non-hydrogen) atoms. The van der Waals surface area contributed by atoms with Crippen LogP contribution in [0.2, 0.25) is 0 Å². The Balaban J connectivity index is 1.55. The Labute approximate surface area is 209 Å². The monoisotopic (exact) mass is 492 g/mol. The molecule has 0 radical (unpaired) electrons. The number of rotatable bonds is 10. The predicted octanol–water partition coefficient (Wildman–Crippen LogP) is 4.06. The van der Waals surface area contributed by atoms with Gasteiger partial charge < -0.3 is 34.7 Å². The molecule has 0 unspecified atom stereocenters. The number of urea groups is 1. The van der Waals surface area contributed by atoms with Gasteiger partial charge in [0.05, 0.1) is 31.4 Å². The van der Waals surface area contributed by atoms with E-state index in [4.69, 9.17) is 19.2 Å². The smallest absolute Gasteiger partial charge is 0.407 e. The molecule has 0 aliphatic heterocycles. The normalized spacial score (nSPS) is 11.3. The first-order valence-corrected chi connectivity index (χ1v) is 11.1. The first kappa shape index (κ1) is 26.1. The van der Waals surface area contributed by atoms with Crippen molar-refractivity contribution in [3.05, 3.63) is 60.6 Å². The maximum Gasteiger partial charge on any atom is 0.407 e. The van der Waals surface area contributed by atoms with Crippen molar-refractivity contribution in [1.82, 2.24) is 15.2 Å². The van der Waals surface area contributed by atoms with E-state index in [1.807, 2.05) is 31.1 Å². The number of amides is 3. The molecule has 0 spiro atoms. The number of nitrogens with zero attached hydrogens (tertiary/aromatic N) is 3. The predicted molar refractivity (Wildman–Crippen MR) is 133 cm³/mol. The molecule has 0 fully saturated rings. The van der Waals surface area contributed by atoms with Gasteiger partial charge in [-0.25, -0.2) is 14.6 Å². The zero-order valence-corrected chi connectivity index (χ0v) is 20.3. The molecule has 1 aromatic heterocycles. The molecule has 3 aromatic rings. The molecule has 3 rings (SSSR count). The van der Waals surface area contributed by atoms with Crippen LogP contribution in [0, 0.1) is 11.3 Å². The second-order valence-corrected chi connectivity index (χ2v) is 8.07. The first-order chi connectivity index (χ1) is 17.4. The van der Waals surface area contributed by atoms with E-state index >= 15 is 0 Å². The van der Waals surface area contributed by atoms with Crippen molar-refractivity contribution < 1.29 is 23.5 Å². The van der Waals surface area contributed by atoms with Gasteiger partial charge in [-0.1, -0.05) is 12.1 Å². The molecule has 0 aliphatic rings. The number of anilines is 2. The summed E-state index contributed by atoms with van der Waals surface area (Å²) in [5, 5.41) is 17.1. The minimum atomic E-state index is -0.615. The third-order valence-corrected chi connectivity index (χ3v) is 4.94. The molecule has 3 N–H and O–H groups in total. The number of methoxy groups -OCH3 is 1. The van der Waals surface area contributed by atoms with Crippen molar-refractivity contribution in [2.75, 3.05) is 38.4 Å². The summed E-state index contributed by atoms with van der Waals surface area (Å²) in [4.78, 5) is 30.4. The highest BCUT2D eigenvalue weighted by Gasteiger charge is 2.15. The maximum absolute atomic E-state index is 12.5. The summed E-state index contributed by atoms with van der Waals surface area (Å²) in [5.41, 5.74) is 2.53. The van der Waals surface area contributed by atoms with Gasteiger partial charge in [0.25, 0.3) is 0 Å². The van der Waals surface area contributed by atoms with Crippen LogP contribution in [-0.4, -0.2) is 55.9 Å². The average molecular weight is 493 g/mol. The van der Waals surface area contributed by atoms with E-state index < -0.39 is 18.2 Å². The van der Waals surface area contributed by atoms with Gasteiger partial charge in [0.1, 0.15) is 11.9 Å². The second kappa shape index (κ2) is 12.8. The number of likely N-dealkylation sites (N-methyl/N-ethyl adjacent to an activating group) is 1. The molecule has 1 heterocycles. The zero-order chi connectivity index (χ0) is 25.9. The Morgan fingerprint density at radius 1 is 1.17 bits per heavy atom. The topological polar surface area (TPSA) is 142 Å². The number of hydrogen-bond acceptors (Lipinski definition) is 8. The summed E-state index contributed by atoms with van der Waals surface area (Å²) >= 11 is 0. The van der Waals surface area contributed by atoms with Gasteiger partial charge in [0, 0.05) is 30.5 Å². The van der Waals surface area contributed by atoms with Crippen LogP contribution in [0.25, 0.3) is 11.3 Å². The van der Waals surface area contributed by atoms with Gasteiger partial charge in [0.15, 0.2) is 12.2 Å². The number of nitrogens with one attached hydrogen (secondary N) is 3. The lowest BCUT2D eigenvalue weighted by Crippen LogP contribution is -2.34. The second-order valence-electron chi connectivity index (χ2n) is 8.07. The van der Waals surface area contributed by atoms with E-state index in [-0.39, 0.29) is 13.0 Å². The summed E-state index contributed by atoms with van der Waals surface area (Å²) in [6, 6.07) is 13.8. The molecule has 0 bridgehead atoms. The number of carbonyl (C=O) groups is 2. The van der Waals surface area contributed by atoms with Crippen LogP contribution in [0.4, 0.5) is 21.0 Å². The number of nitriles is 1. The zero-order valence-electron chi connectivity index (χ0n) is 20.3. The van der Waals surface area contributed by atoms with Crippen LogP contribution >= 0.6 is 0 Å². The minimum absolute atomic E-state index is 0.106. The summed E-state index contributed by atoms with van der Waals surface area (Å²) in [6.07, 6.45) is 1.88. The Kier molecular flexibility index (Phi) is 9.25. The van der Waals surface area contributed by atoms with Crippen LogP contribution in [0.1, 0.15) is 12.0 Å². The number of carbonyl (C=O) groups excluding carboxylic acids is 2. The number of hydrogen-bond donors (Lipinski definition) is 3. The maximum atomic E-state index is 12.5. The van der Waals surface area contributed by atoms with Crippen LogP contribution in [0.5, 0.6) is 5.75 Å². The fraction of sp³-hybridized carbons (Fsp3) is 0.280. The number of oxazole rings is 1. The van der Waals surface area contributed by atoms with Crippen LogP contribution in [0.3, 0.4) is 0 Å². The Hall–Kier alpha value is -4.56. The van der Waals surface area contributed by atoms with E-state index in [1.54, 1.807) is 42.6 Å². The molecular weight excluding hydrogens is 464 g/mol. The molecule has 11 heteroatoms. The van der Waals surface area contributed by atoms with Gasteiger partial charge in [-0.05, 0) is 43.9 Å². The highest BCUT2D eigenvalue weighted by Crippen LogP contribution is 2.32. The lowest BCUT2D eigenvalue weighted by Gasteiger charge is -2.19. The summed E-state index contributed by atoms with van der Waals surface area (Å²) in [5.74, 6) is 1.07. The van der Waals surface area contributed by atoms with Gasteiger partial charge in [-0.15, -0.1) is 0 Å². The average Bonchev–Trinajstić information content (AvgIpc) is 3.37. The molecule has 2 aromatic carbocycles. The van der Waals surface area contributed by atoms with Gasteiger partial charge in [-0.2, -0.15) is 5.26 Å². The lowest BCUT2D eigenvalue weighted by molar-refractivity contribution is 0.0830. The summed E-state index contributed by atoms with van der Waals surface area (Å²) in [7, 11) is 5.20. The minimum Gasteiger partial charge on any atom is -0.496 e. The Morgan fingerprint density at radius 3 is 2.61 bits per heavy atom. The fourth-order valence-corrected chi connectivity index (χ4v) is 3.39. The molecular formula is C25H28N6O5. The van der Waals surface area contributed by atoms with Crippen LogP contribution in [0.15, 0.2) is 59.5 Å². The highest BCUT2D eigenvalue weighted by molar-refractivity contribution is 6.00. The third-order valence-electron chi connectivity index (χ3n) is 4.94. The van der Waals surface area contributed by atoms with Gasteiger partial charge in [0.2, 0.25) is 0 Å². The van der Waals surface area contributed by atoms with E-state index in [0.717, 1.165) is 5.56 Å². The van der Waals surface area contributed by atoms with E-state index in [0.29, 0.717) is 35.0 Å². The molecule has 0 saturated heterocycles. The molecule has 1 atom stereocenters. The van der Waals surface area contributed by atoms with Crippen LogP contribution < -0.4 is 20.7 Å². The third kappa shape index (κ3) is 7.75. The SMILES string of the molecule is COc1cc(NC(=O)Nc2cccc(CNC(=O)O[C@H](CC#N)CN(C)C)c2)ccc1-c1cnco1. The molecule has 11 nitrogen and oxygen atoms in total. The lowest BCUT2D eigenvalue weighted by atomic mass is 10.1. The molecule has 0 aliphatic carbocycles. The van der Waals surface area contributed by atoms with Crippen LogP contribution in [-0.2, 0) is 11.3 Å². The number of ether oxygens (including phenoxy) is 2. The van der Waals surface area contributed by atoms with Crippen molar-refractivity contribution in [3.8, 4) is 23.1 Å². The summed E-state index contributed by atoms with van der Waals surface area (Å²) < 4.78 is 16.0. The quantitative estimate of drug-likeness (QED) is 0.385.